The van der Waals surface area contributed by atoms with Gasteiger partial charge >= 0.3 is 0 Å². The second-order valence-corrected chi connectivity index (χ2v) is 7.72. The third-order valence-electron chi connectivity index (χ3n) is 4.21. The van der Waals surface area contributed by atoms with Gasteiger partial charge in [0.1, 0.15) is 12.4 Å². The predicted octanol–water partition coefficient (Wildman–Crippen LogP) is 5.28. The van der Waals surface area contributed by atoms with E-state index >= 15 is 0 Å². The van der Waals surface area contributed by atoms with Crippen LogP contribution in [0.2, 0.25) is 5.02 Å². The van der Waals surface area contributed by atoms with Gasteiger partial charge in [0, 0.05) is 22.7 Å². The molecule has 3 rings (SSSR count). The molecule has 0 aliphatic heterocycles. The van der Waals surface area contributed by atoms with Crippen LogP contribution in [0, 0.1) is 10.1 Å². The number of hydrogen-bond donors (Lipinski definition) is 1. The molecule has 0 bridgehead atoms. The highest BCUT2D eigenvalue weighted by atomic mass is 79.9. The van der Waals surface area contributed by atoms with Gasteiger partial charge in [0.15, 0.2) is 0 Å². The average Bonchev–Trinajstić information content (AvgIpc) is 2.74. The number of nitro groups is 1. The molecule has 0 fully saturated rings. The maximum atomic E-state index is 12.0. The number of amides is 1. The summed E-state index contributed by atoms with van der Waals surface area (Å²) in [6.07, 6.45) is 1.57. The Morgan fingerprint density at radius 3 is 2.58 bits per heavy atom. The lowest BCUT2D eigenvalue weighted by molar-refractivity contribution is -0.384. The molecule has 0 saturated carbocycles. The van der Waals surface area contributed by atoms with E-state index in [9.17, 15) is 14.9 Å². The number of carbonyl (C=O) groups excluding carboxylic acids is 1. The molecule has 9 heteroatoms. The molecule has 0 saturated heterocycles. The van der Waals surface area contributed by atoms with Gasteiger partial charge < -0.3 is 4.74 Å². The second-order valence-electron chi connectivity index (χ2n) is 6.46. The Balaban J connectivity index is 1.52. The van der Waals surface area contributed by atoms with Crippen molar-refractivity contribution in [3.63, 3.8) is 0 Å². The van der Waals surface area contributed by atoms with Gasteiger partial charge in [-0.2, -0.15) is 5.10 Å². The molecule has 3 aromatic rings. The molecule has 31 heavy (non-hydrogen) atoms. The fourth-order valence-electron chi connectivity index (χ4n) is 2.62. The van der Waals surface area contributed by atoms with Crippen LogP contribution in [0.4, 0.5) is 5.69 Å². The van der Waals surface area contributed by atoms with Crippen molar-refractivity contribution in [2.45, 2.75) is 13.0 Å². The van der Waals surface area contributed by atoms with Crippen LogP contribution < -0.4 is 10.2 Å². The summed E-state index contributed by atoms with van der Waals surface area (Å²) in [5, 5.41) is 15.3. The zero-order valence-corrected chi connectivity index (χ0v) is 18.5. The molecule has 0 atom stereocenters. The molecule has 0 heterocycles. The number of hydrogen-bond acceptors (Lipinski definition) is 5. The van der Waals surface area contributed by atoms with E-state index in [-0.39, 0.29) is 18.0 Å². The quantitative estimate of drug-likeness (QED) is 0.257. The zero-order chi connectivity index (χ0) is 22.2. The van der Waals surface area contributed by atoms with E-state index in [1.807, 2.05) is 30.3 Å². The first-order chi connectivity index (χ1) is 14.9. The fourth-order valence-corrected chi connectivity index (χ4v) is 3.33. The average molecular weight is 503 g/mol. The molecule has 0 radical (unpaired) electrons. The number of halogens is 2. The van der Waals surface area contributed by atoms with E-state index in [1.165, 1.54) is 18.3 Å². The summed E-state index contributed by atoms with van der Waals surface area (Å²) in [7, 11) is 0. The maximum Gasteiger partial charge on any atom is 0.269 e. The maximum absolute atomic E-state index is 12.0. The van der Waals surface area contributed by atoms with Crippen molar-refractivity contribution in [3.8, 4) is 5.75 Å². The third-order valence-corrected chi connectivity index (χ3v) is 5.20. The molecule has 3 aromatic carbocycles. The van der Waals surface area contributed by atoms with Crippen molar-refractivity contribution in [2.24, 2.45) is 5.10 Å². The van der Waals surface area contributed by atoms with Crippen LogP contribution in [-0.4, -0.2) is 17.0 Å². The van der Waals surface area contributed by atoms with Crippen LogP contribution >= 0.6 is 27.5 Å². The highest BCUT2D eigenvalue weighted by Crippen LogP contribution is 2.27. The summed E-state index contributed by atoms with van der Waals surface area (Å²) in [6, 6.07) is 18.7. The standard InChI is InChI=1S/C22H17BrClN3O4/c23-19-11-16(7-10-21(19)31-14-17-3-1-2-4-20(17)24)13-25-26-22(28)12-15-5-8-18(9-6-15)27(29)30/h1-11,13H,12,14H2,(H,26,28)/b25-13-. The summed E-state index contributed by atoms with van der Waals surface area (Å²) in [6.45, 7) is 0.338. The Morgan fingerprint density at radius 2 is 1.90 bits per heavy atom. The van der Waals surface area contributed by atoms with Crippen molar-refractivity contribution in [2.75, 3.05) is 0 Å². The van der Waals surface area contributed by atoms with Gasteiger partial charge in [-0.1, -0.05) is 41.9 Å². The van der Waals surface area contributed by atoms with Crippen LogP contribution in [0.1, 0.15) is 16.7 Å². The topological polar surface area (TPSA) is 93.8 Å². The van der Waals surface area contributed by atoms with Crippen LogP contribution in [0.15, 0.2) is 76.3 Å². The molecular weight excluding hydrogens is 486 g/mol. The number of rotatable bonds is 8. The lowest BCUT2D eigenvalue weighted by Gasteiger charge is -2.10. The number of benzene rings is 3. The fraction of sp³-hybridized carbons (Fsp3) is 0.0909. The summed E-state index contributed by atoms with van der Waals surface area (Å²) >= 11 is 9.60. The minimum absolute atomic E-state index is 0.0213. The van der Waals surface area contributed by atoms with E-state index in [0.717, 1.165) is 15.6 Å². The highest BCUT2D eigenvalue weighted by Gasteiger charge is 2.07. The Kier molecular flexibility index (Phi) is 7.75. The van der Waals surface area contributed by atoms with Crippen molar-refractivity contribution in [3.05, 3.63) is 103 Å². The van der Waals surface area contributed by atoms with E-state index in [1.54, 1.807) is 24.3 Å². The van der Waals surface area contributed by atoms with Gasteiger partial charge in [0.25, 0.3) is 5.69 Å². The minimum Gasteiger partial charge on any atom is -0.488 e. The Bertz CT molecular complexity index is 1120. The Labute approximate surface area is 192 Å². The summed E-state index contributed by atoms with van der Waals surface area (Å²) in [5.74, 6) is 0.322. The SMILES string of the molecule is O=C(Cc1ccc([N+](=O)[O-])cc1)N/N=C\c1ccc(OCc2ccccc2Cl)c(Br)c1. The largest absolute Gasteiger partial charge is 0.488 e. The first kappa shape index (κ1) is 22.5. The van der Waals surface area contributed by atoms with E-state index < -0.39 is 4.92 Å². The van der Waals surface area contributed by atoms with Crippen molar-refractivity contribution in [1.82, 2.24) is 5.43 Å². The van der Waals surface area contributed by atoms with Gasteiger partial charge in [0.05, 0.1) is 22.0 Å². The minimum atomic E-state index is -0.487. The van der Waals surface area contributed by atoms with Crippen LogP contribution in [0.3, 0.4) is 0 Å². The molecule has 0 unspecified atom stereocenters. The second kappa shape index (κ2) is 10.7. The van der Waals surface area contributed by atoms with Crippen LogP contribution in [-0.2, 0) is 17.8 Å². The Hall–Kier alpha value is -3.23. The van der Waals surface area contributed by atoms with Gasteiger partial charge in [-0.05, 0) is 51.3 Å². The number of nitro benzene ring substituents is 1. The van der Waals surface area contributed by atoms with E-state index in [4.69, 9.17) is 16.3 Å². The zero-order valence-electron chi connectivity index (χ0n) is 16.1. The molecular formula is C22H17BrClN3O4. The summed E-state index contributed by atoms with van der Waals surface area (Å²) in [5.41, 5.74) is 4.72. The first-order valence-electron chi connectivity index (χ1n) is 9.13. The molecule has 0 spiro atoms. The van der Waals surface area contributed by atoms with E-state index in [2.05, 4.69) is 26.5 Å². The normalized spacial score (nSPS) is 10.8. The number of non-ortho nitro benzene ring substituents is 1. The highest BCUT2D eigenvalue weighted by molar-refractivity contribution is 9.10. The van der Waals surface area contributed by atoms with Gasteiger partial charge in [-0.15, -0.1) is 0 Å². The van der Waals surface area contributed by atoms with Crippen molar-refractivity contribution >= 4 is 45.3 Å². The first-order valence-corrected chi connectivity index (χ1v) is 10.3. The lowest BCUT2D eigenvalue weighted by Crippen LogP contribution is -2.19. The predicted molar refractivity (Wildman–Crippen MR) is 122 cm³/mol. The number of nitrogens with zero attached hydrogens (tertiary/aromatic N) is 2. The molecule has 158 valence electrons. The molecule has 1 N–H and O–H groups in total. The lowest BCUT2D eigenvalue weighted by atomic mass is 10.1. The molecule has 0 aliphatic rings. The van der Waals surface area contributed by atoms with E-state index in [0.29, 0.717) is 22.9 Å². The van der Waals surface area contributed by atoms with Crippen molar-refractivity contribution < 1.29 is 14.5 Å². The number of carbonyl (C=O) groups is 1. The smallest absolute Gasteiger partial charge is 0.269 e. The number of nitrogens with one attached hydrogen (secondary N) is 1. The molecule has 0 aliphatic carbocycles. The summed E-state index contributed by atoms with van der Waals surface area (Å²) in [4.78, 5) is 22.2. The van der Waals surface area contributed by atoms with Gasteiger partial charge in [-0.25, -0.2) is 5.43 Å². The molecule has 1 amide bonds. The summed E-state index contributed by atoms with van der Waals surface area (Å²) < 4.78 is 6.54. The van der Waals surface area contributed by atoms with Crippen molar-refractivity contribution in [1.29, 1.82) is 0 Å². The van der Waals surface area contributed by atoms with Gasteiger partial charge in [-0.3, -0.25) is 14.9 Å². The third kappa shape index (κ3) is 6.63. The number of ether oxygens (including phenoxy) is 1. The number of hydrazone groups is 1. The molecule has 0 aromatic heterocycles. The Morgan fingerprint density at radius 1 is 1.16 bits per heavy atom. The van der Waals surface area contributed by atoms with Gasteiger partial charge in [0.2, 0.25) is 5.91 Å². The molecule has 7 nitrogen and oxygen atoms in total. The van der Waals surface area contributed by atoms with Crippen LogP contribution in [0.5, 0.6) is 5.75 Å². The monoisotopic (exact) mass is 501 g/mol. The van der Waals surface area contributed by atoms with Crippen LogP contribution in [0.25, 0.3) is 0 Å².